The number of benzene rings is 2. The maximum atomic E-state index is 12.9. The van der Waals surface area contributed by atoms with Crippen LogP contribution in [0.5, 0.6) is 0 Å². The van der Waals surface area contributed by atoms with Crippen molar-refractivity contribution in [2.75, 3.05) is 25.0 Å². The number of ether oxygens (including phenoxy) is 1. The number of anilines is 1. The van der Waals surface area contributed by atoms with Crippen molar-refractivity contribution in [1.82, 2.24) is 4.31 Å². The van der Waals surface area contributed by atoms with Gasteiger partial charge in [0.1, 0.15) is 0 Å². The first-order valence-corrected chi connectivity index (χ1v) is 12.3. The van der Waals surface area contributed by atoms with Crippen LogP contribution in [0.3, 0.4) is 0 Å². The summed E-state index contributed by atoms with van der Waals surface area (Å²) in [6, 6.07) is 10.3. The largest absolute Gasteiger partial charge is 0.452 e. The second-order valence-electron chi connectivity index (χ2n) is 8.02. The number of nitrogens with one attached hydrogen (secondary N) is 1. The van der Waals surface area contributed by atoms with Crippen LogP contribution in [0.25, 0.3) is 0 Å². The number of hydrogen-bond acceptors (Lipinski definition) is 5. The second-order valence-corrected chi connectivity index (χ2v) is 10.7. The molecule has 0 aromatic heterocycles. The van der Waals surface area contributed by atoms with Crippen LogP contribution in [0.2, 0.25) is 10.0 Å². The molecule has 1 aliphatic rings. The smallest absolute Gasteiger partial charge is 0.338 e. The lowest BCUT2D eigenvalue weighted by atomic mass is 9.94. The molecule has 2 aromatic rings. The van der Waals surface area contributed by atoms with Crippen molar-refractivity contribution >= 4 is 50.8 Å². The standard InChI is InChI=1S/C22H24Cl2N2O5S/c1-14-10-15(2)12-26(11-14)32(29,30)17-8-6-16(7-9-17)22(28)31-13-20(27)25-19-5-3-4-18(23)21(19)24/h3-9,14-15H,10-13H2,1-2H3,(H,25,27)/t14-,15-/m0/s1. The molecular weight excluding hydrogens is 475 g/mol. The van der Waals surface area contributed by atoms with E-state index in [-0.39, 0.29) is 32.3 Å². The maximum Gasteiger partial charge on any atom is 0.338 e. The van der Waals surface area contributed by atoms with Gasteiger partial charge in [-0.1, -0.05) is 43.1 Å². The fraction of sp³-hybridized carbons (Fsp3) is 0.364. The van der Waals surface area contributed by atoms with Gasteiger partial charge in [0.15, 0.2) is 6.61 Å². The number of sulfonamides is 1. The minimum absolute atomic E-state index is 0.115. The first-order chi connectivity index (χ1) is 15.1. The molecule has 1 saturated heterocycles. The van der Waals surface area contributed by atoms with Crippen molar-refractivity contribution in [3.63, 3.8) is 0 Å². The second kappa shape index (κ2) is 10.2. The molecule has 1 heterocycles. The number of nitrogens with zero attached hydrogens (tertiary/aromatic N) is 1. The number of carbonyl (C=O) groups excluding carboxylic acids is 2. The summed E-state index contributed by atoms with van der Waals surface area (Å²) in [5.74, 6) is -0.761. The van der Waals surface area contributed by atoms with Gasteiger partial charge in [-0.05, 0) is 54.7 Å². The summed E-state index contributed by atoms with van der Waals surface area (Å²) in [6.07, 6.45) is 0.994. The van der Waals surface area contributed by atoms with Gasteiger partial charge in [0, 0.05) is 13.1 Å². The van der Waals surface area contributed by atoms with Crippen LogP contribution in [0.15, 0.2) is 47.4 Å². The van der Waals surface area contributed by atoms with Crippen LogP contribution in [0.1, 0.15) is 30.6 Å². The van der Waals surface area contributed by atoms with Crippen LogP contribution in [0, 0.1) is 11.8 Å². The molecule has 1 amide bonds. The quantitative estimate of drug-likeness (QED) is 0.593. The first-order valence-electron chi connectivity index (χ1n) is 10.1. The van der Waals surface area contributed by atoms with E-state index in [0.29, 0.717) is 18.8 Å². The molecule has 0 aliphatic carbocycles. The van der Waals surface area contributed by atoms with E-state index in [4.69, 9.17) is 27.9 Å². The Kier molecular flexibility index (Phi) is 7.82. The Bertz CT molecular complexity index is 1100. The highest BCUT2D eigenvalue weighted by Crippen LogP contribution is 2.29. The van der Waals surface area contributed by atoms with E-state index < -0.39 is 28.5 Å². The highest BCUT2D eigenvalue weighted by Gasteiger charge is 2.31. The topological polar surface area (TPSA) is 92.8 Å². The van der Waals surface area contributed by atoms with Crippen molar-refractivity contribution in [1.29, 1.82) is 0 Å². The summed E-state index contributed by atoms with van der Waals surface area (Å²) < 4.78 is 32.4. The highest BCUT2D eigenvalue weighted by atomic mass is 35.5. The van der Waals surface area contributed by atoms with Gasteiger partial charge in [-0.3, -0.25) is 4.79 Å². The molecule has 0 bridgehead atoms. The van der Waals surface area contributed by atoms with Gasteiger partial charge in [0.25, 0.3) is 5.91 Å². The van der Waals surface area contributed by atoms with Gasteiger partial charge in [-0.15, -0.1) is 0 Å². The Morgan fingerprint density at radius 2 is 1.69 bits per heavy atom. The molecule has 3 rings (SSSR count). The number of hydrogen-bond donors (Lipinski definition) is 1. The van der Waals surface area contributed by atoms with Crippen LogP contribution in [-0.4, -0.2) is 44.3 Å². The van der Waals surface area contributed by atoms with Gasteiger partial charge in [0.2, 0.25) is 10.0 Å². The summed E-state index contributed by atoms with van der Waals surface area (Å²) in [7, 11) is -3.64. The third-order valence-corrected chi connectivity index (χ3v) is 7.79. The van der Waals surface area contributed by atoms with Crippen molar-refractivity contribution in [2.45, 2.75) is 25.2 Å². The zero-order chi connectivity index (χ0) is 23.5. The molecule has 2 atom stereocenters. The van der Waals surface area contributed by atoms with Crippen molar-refractivity contribution in [2.24, 2.45) is 11.8 Å². The number of halogens is 2. The predicted octanol–water partition coefficient (Wildman–Crippen LogP) is 4.46. The Labute approximate surface area is 197 Å². The summed E-state index contributed by atoms with van der Waals surface area (Å²) >= 11 is 11.9. The normalized spacial score (nSPS) is 19.4. The predicted molar refractivity (Wildman–Crippen MR) is 124 cm³/mol. The Morgan fingerprint density at radius 3 is 2.31 bits per heavy atom. The molecule has 1 fully saturated rings. The van der Waals surface area contributed by atoms with Crippen molar-refractivity contribution in [3.05, 3.63) is 58.1 Å². The van der Waals surface area contributed by atoms with Crippen molar-refractivity contribution < 1.29 is 22.7 Å². The third kappa shape index (κ3) is 5.81. The summed E-state index contributed by atoms with van der Waals surface area (Å²) in [6.45, 7) is 4.48. The maximum absolute atomic E-state index is 12.9. The lowest BCUT2D eigenvalue weighted by Gasteiger charge is -2.34. The Morgan fingerprint density at radius 1 is 1.06 bits per heavy atom. The van der Waals surface area contributed by atoms with E-state index >= 15 is 0 Å². The zero-order valence-electron chi connectivity index (χ0n) is 17.7. The van der Waals surface area contributed by atoms with E-state index in [0.717, 1.165) is 6.42 Å². The molecule has 0 spiro atoms. The molecular formula is C22H24Cl2N2O5S. The van der Waals surface area contributed by atoms with Crippen LogP contribution < -0.4 is 5.32 Å². The first kappa shape index (κ1) is 24.5. The van der Waals surface area contributed by atoms with Crippen LogP contribution in [0.4, 0.5) is 5.69 Å². The monoisotopic (exact) mass is 498 g/mol. The average Bonchev–Trinajstić information content (AvgIpc) is 2.74. The number of amides is 1. The molecule has 7 nitrogen and oxygen atoms in total. The molecule has 0 saturated carbocycles. The molecule has 1 N–H and O–H groups in total. The molecule has 10 heteroatoms. The lowest BCUT2D eigenvalue weighted by molar-refractivity contribution is -0.119. The fourth-order valence-corrected chi connectivity index (χ4v) is 5.74. The number of esters is 1. The number of rotatable bonds is 6. The van der Waals surface area contributed by atoms with Gasteiger partial charge < -0.3 is 10.1 Å². The molecule has 0 radical (unpaired) electrons. The van der Waals surface area contributed by atoms with Crippen LogP contribution in [-0.2, 0) is 19.6 Å². The van der Waals surface area contributed by atoms with Gasteiger partial charge in [-0.2, -0.15) is 4.31 Å². The highest BCUT2D eigenvalue weighted by molar-refractivity contribution is 7.89. The number of carbonyl (C=O) groups is 2. The van der Waals surface area contributed by atoms with E-state index in [1.165, 1.54) is 28.6 Å². The van der Waals surface area contributed by atoms with Gasteiger partial charge in [0.05, 0.1) is 26.2 Å². The number of piperidine rings is 1. The molecule has 1 aliphatic heterocycles. The van der Waals surface area contributed by atoms with E-state index in [9.17, 15) is 18.0 Å². The SMILES string of the molecule is C[C@H]1C[C@H](C)CN(S(=O)(=O)c2ccc(C(=O)OCC(=O)Nc3cccc(Cl)c3Cl)cc2)C1. The van der Waals surface area contributed by atoms with E-state index in [1.54, 1.807) is 18.2 Å². The Balaban J connectivity index is 1.60. The van der Waals surface area contributed by atoms with E-state index in [1.807, 2.05) is 13.8 Å². The molecule has 32 heavy (non-hydrogen) atoms. The molecule has 0 unspecified atom stereocenters. The van der Waals surface area contributed by atoms with Gasteiger partial charge in [-0.25, -0.2) is 13.2 Å². The average molecular weight is 499 g/mol. The van der Waals surface area contributed by atoms with Gasteiger partial charge >= 0.3 is 5.97 Å². The third-order valence-electron chi connectivity index (χ3n) is 5.12. The van der Waals surface area contributed by atoms with Crippen LogP contribution >= 0.6 is 23.2 Å². The summed E-state index contributed by atoms with van der Waals surface area (Å²) in [5.41, 5.74) is 0.439. The van der Waals surface area contributed by atoms with Crippen molar-refractivity contribution in [3.8, 4) is 0 Å². The van der Waals surface area contributed by atoms with E-state index in [2.05, 4.69) is 5.32 Å². The molecule has 2 aromatic carbocycles. The zero-order valence-corrected chi connectivity index (χ0v) is 20.0. The fourth-order valence-electron chi connectivity index (χ4n) is 3.72. The summed E-state index contributed by atoms with van der Waals surface area (Å²) in [5, 5.41) is 2.98. The molecule has 172 valence electrons. The minimum atomic E-state index is -3.64. The summed E-state index contributed by atoms with van der Waals surface area (Å²) in [4.78, 5) is 24.4. The Hall–Kier alpha value is -2.13. The lowest BCUT2D eigenvalue weighted by Crippen LogP contribution is -2.42. The minimum Gasteiger partial charge on any atom is -0.452 e.